The van der Waals surface area contributed by atoms with Crippen molar-refractivity contribution in [1.82, 2.24) is 15.5 Å². The van der Waals surface area contributed by atoms with Crippen LogP contribution < -0.4 is 16.1 Å². The summed E-state index contributed by atoms with van der Waals surface area (Å²) in [7, 11) is 0. The third-order valence-corrected chi connectivity index (χ3v) is 4.35. The Bertz CT molecular complexity index is 984. The highest BCUT2D eigenvalue weighted by atomic mass is 16.5. The first-order valence-corrected chi connectivity index (χ1v) is 8.39. The number of amides is 3. The molecular weight excluding hydrogens is 368 g/mol. The highest BCUT2D eigenvalue weighted by molar-refractivity contribution is 6.21. The molecule has 0 saturated heterocycles. The van der Waals surface area contributed by atoms with Gasteiger partial charge in [0.2, 0.25) is 0 Å². The van der Waals surface area contributed by atoms with Crippen molar-refractivity contribution in [3.05, 3.63) is 41.5 Å². The van der Waals surface area contributed by atoms with Crippen molar-refractivity contribution in [2.45, 2.75) is 32.4 Å². The molecule has 2 aromatic rings. The number of nitrogens with one attached hydrogen (secondary N) is 1. The molecule has 146 valence electrons. The lowest BCUT2D eigenvalue weighted by atomic mass is 9.95. The van der Waals surface area contributed by atoms with Crippen LogP contribution in [-0.2, 0) is 11.3 Å². The van der Waals surface area contributed by atoms with E-state index >= 15 is 0 Å². The summed E-state index contributed by atoms with van der Waals surface area (Å²) in [5, 5.41) is 21.7. The molecule has 0 saturated carbocycles. The second-order valence-electron chi connectivity index (χ2n) is 6.13. The summed E-state index contributed by atoms with van der Waals surface area (Å²) in [5.41, 5.74) is 4.26. The Balaban J connectivity index is 1.73. The molecule has 0 bridgehead atoms. The van der Waals surface area contributed by atoms with E-state index in [2.05, 4.69) is 25.1 Å². The lowest BCUT2D eigenvalue weighted by molar-refractivity contribution is -0.129. The molecule has 1 unspecified atom stereocenters. The Morgan fingerprint density at radius 2 is 2.14 bits per heavy atom. The van der Waals surface area contributed by atoms with Gasteiger partial charge >= 0.3 is 11.8 Å². The molecule has 4 N–H and O–H groups in total. The van der Waals surface area contributed by atoms with Crippen LogP contribution in [0.4, 0.5) is 5.69 Å². The van der Waals surface area contributed by atoms with Gasteiger partial charge in [-0.05, 0) is 31.5 Å². The zero-order valence-electron chi connectivity index (χ0n) is 15.2. The van der Waals surface area contributed by atoms with Crippen LogP contribution in [0.15, 0.2) is 33.9 Å². The zero-order valence-corrected chi connectivity index (χ0v) is 15.2. The smallest absolute Gasteiger partial charge is 0.315 e. The minimum atomic E-state index is -1.64. The molecule has 1 aromatic carbocycles. The van der Waals surface area contributed by atoms with Crippen molar-refractivity contribution in [2.24, 2.45) is 10.8 Å². The number of aromatic nitrogens is 2. The summed E-state index contributed by atoms with van der Waals surface area (Å²) >= 11 is 0. The van der Waals surface area contributed by atoms with E-state index in [1.54, 1.807) is 32.0 Å². The highest BCUT2D eigenvalue weighted by Gasteiger charge is 2.46. The lowest BCUT2D eigenvalue weighted by Crippen LogP contribution is -2.45. The van der Waals surface area contributed by atoms with E-state index in [0.29, 0.717) is 5.69 Å². The third kappa shape index (κ3) is 3.34. The number of hydrogen-bond acceptors (Lipinski definition) is 8. The minimum Gasteiger partial charge on any atom is -0.374 e. The Labute approximate surface area is 159 Å². The van der Waals surface area contributed by atoms with Gasteiger partial charge in [-0.25, -0.2) is 0 Å². The number of hydrogen-bond donors (Lipinski definition) is 3. The molecule has 2 heterocycles. The molecule has 0 radical (unpaired) electrons. The van der Waals surface area contributed by atoms with Crippen molar-refractivity contribution in [2.75, 3.05) is 5.01 Å². The monoisotopic (exact) mass is 386 g/mol. The van der Waals surface area contributed by atoms with Crippen molar-refractivity contribution < 1.29 is 24.0 Å². The predicted molar refractivity (Wildman–Crippen MR) is 96.3 cm³/mol. The van der Waals surface area contributed by atoms with E-state index in [1.165, 1.54) is 6.07 Å². The van der Waals surface area contributed by atoms with Gasteiger partial charge in [-0.15, -0.1) is 0 Å². The highest BCUT2D eigenvalue weighted by Crippen LogP contribution is 2.29. The molecule has 28 heavy (non-hydrogen) atoms. The first kappa shape index (κ1) is 19.2. The predicted octanol–water partition coefficient (Wildman–Crippen LogP) is -0.0379. The van der Waals surface area contributed by atoms with E-state index in [0.717, 1.165) is 5.01 Å². The topological polar surface area (TPSA) is 164 Å². The van der Waals surface area contributed by atoms with E-state index in [1.807, 2.05) is 0 Å². The van der Waals surface area contributed by atoms with Crippen LogP contribution in [-0.4, -0.2) is 44.3 Å². The number of benzene rings is 1. The molecule has 0 spiro atoms. The van der Waals surface area contributed by atoms with Crippen molar-refractivity contribution in [3.8, 4) is 0 Å². The van der Waals surface area contributed by atoms with E-state index in [4.69, 9.17) is 5.73 Å². The van der Waals surface area contributed by atoms with Crippen LogP contribution in [0.2, 0.25) is 0 Å². The number of hydrazone groups is 1. The number of primary amides is 1. The van der Waals surface area contributed by atoms with Gasteiger partial charge in [0.15, 0.2) is 11.4 Å². The van der Waals surface area contributed by atoms with Crippen LogP contribution in [0.25, 0.3) is 0 Å². The number of nitrogens with two attached hydrogens (primary N) is 1. The molecular formula is C17H18N6O5. The molecule has 11 heteroatoms. The Morgan fingerprint density at radius 3 is 2.75 bits per heavy atom. The number of carbonyl (C=O) groups excluding carboxylic acids is 3. The molecule has 1 aromatic heterocycles. The van der Waals surface area contributed by atoms with Gasteiger partial charge in [0.25, 0.3) is 11.8 Å². The van der Waals surface area contributed by atoms with Crippen LogP contribution in [0.5, 0.6) is 0 Å². The average molecular weight is 386 g/mol. The quantitative estimate of drug-likeness (QED) is 0.627. The number of carbonyl (C=O) groups is 3. The first-order chi connectivity index (χ1) is 13.3. The molecule has 3 amide bonds. The summed E-state index contributed by atoms with van der Waals surface area (Å²) in [6, 6.07) is 6.21. The van der Waals surface area contributed by atoms with Gasteiger partial charge in [-0.2, -0.15) is 15.1 Å². The molecule has 0 aliphatic carbocycles. The number of nitrogens with zero attached hydrogens (tertiary/aromatic N) is 4. The van der Waals surface area contributed by atoms with E-state index < -0.39 is 23.3 Å². The van der Waals surface area contributed by atoms with Gasteiger partial charge in [0.1, 0.15) is 0 Å². The molecule has 1 aliphatic heterocycles. The van der Waals surface area contributed by atoms with Crippen molar-refractivity contribution in [1.29, 1.82) is 0 Å². The second kappa shape index (κ2) is 7.19. The second-order valence-corrected chi connectivity index (χ2v) is 6.13. The summed E-state index contributed by atoms with van der Waals surface area (Å²) < 4.78 is 4.63. The SMILES string of the molecule is CCC1(O)C(=O)N(c2cccc(C(=O)NCc3noc(C(N)=O)n3)c2)N=C1C. The van der Waals surface area contributed by atoms with Crippen molar-refractivity contribution >= 4 is 29.1 Å². The van der Waals surface area contributed by atoms with E-state index in [9.17, 15) is 19.5 Å². The molecule has 3 rings (SSSR count). The van der Waals surface area contributed by atoms with Crippen molar-refractivity contribution in [3.63, 3.8) is 0 Å². The summed E-state index contributed by atoms with van der Waals surface area (Å²) in [6.45, 7) is 3.17. The van der Waals surface area contributed by atoms with Gasteiger partial charge in [-0.3, -0.25) is 14.4 Å². The summed E-state index contributed by atoms with van der Waals surface area (Å²) in [6.07, 6.45) is 0.190. The Kier molecular flexibility index (Phi) is 4.92. The van der Waals surface area contributed by atoms with Crippen LogP contribution in [0, 0.1) is 0 Å². The fourth-order valence-corrected chi connectivity index (χ4v) is 2.66. The third-order valence-electron chi connectivity index (χ3n) is 4.35. The van der Waals surface area contributed by atoms with Crippen LogP contribution >= 0.6 is 0 Å². The fraction of sp³-hybridized carbons (Fsp3) is 0.294. The average Bonchev–Trinajstić information content (AvgIpc) is 3.26. The largest absolute Gasteiger partial charge is 0.374 e. The van der Waals surface area contributed by atoms with Gasteiger partial charge in [-0.1, -0.05) is 18.1 Å². The first-order valence-electron chi connectivity index (χ1n) is 8.39. The van der Waals surface area contributed by atoms with Crippen LogP contribution in [0.3, 0.4) is 0 Å². The fourth-order valence-electron chi connectivity index (χ4n) is 2.66. The van der Waals surface area contributed by atoms with Gasteiger partial charge in [0, 0.05) is 5.56 Å². The Hall–Kier alpha value is -3.60. The Morgan fingerprint density at radius 1 is 1.39 bits per heavy atom. The van der Waals surface area contributed by atoms with E-state index in [-0.39, 0.29) is 36.0 Å². The molecule has 0 fully saturated rings. The maximum Gasteiger partial charge on any atom is 0.315 e. The number of aliphatic hydroxyl groups is 1. The summed E-state index contributed by atoms with van der Waals surface area (Å²) in [4.78, 5) is 39.6. The standard InChI is InChI=1S/C17H18N6O5/c1-3-17(27)9(2)21-23(16(17)26)11-6-4-5-10(7-11)14(25)19-8-12-20-15(13(18)24)28-22-12/h4-7,27H,3,8H2,1-2H3,(H2,18,24)(H,19,25). The number of anilines is 1. The summed E-state index contributed by atoms with van der Waals surface area (Å²) in [5.74, 6) is -2.17. The zero-order chi connectivity index (χ0) is 20.5. The van der Waals surface area contributed by atoms with Gasteiger partial charge in [0.05, 0.1) is 17.9 Å². The molecule has 11 nitrogen and oxygen atoms in total. The number of rotatable bonds is 6. The lowest BCUT2D eigenvalue weighted by Gasteiger charge is -2.20. The maximum absolute atomic E-state index is 12.5. The normalized spacial score (nSPS) is 18.9. The molecule has 1 aliphatic rings. The minimum absolute atomic E-state index is 0.0845. The van der Waals surface area contributed by atoms with Gasteiger partial charge < -0.3 is 20.7 Å². The van der Waals surface area contributed by atoms with Crippen LogP contribution in [0.1, 0.15) is 47.1 Å². The molecule has 1 atom stereocenters. The maximum atomic E-state index is 12.5.